The van der Waals surface area contributed by atoms with Crippen molar-refractivity contribution in [2.75, 3.05) is 6.26 Å². The molecule has 0 amide bonds. The molecule has 0 saturated carbocycles. The standard InChI is InChI=1S/C3H4ClNS/c1-6-3(4)2-5/h3H,1H3. The van der Waals surface area contributed by atoms with Crippen LogP contribution in [-0.2, 0) is 0 Å². The van der Waals surface area contributed by atoms with Gasteiger partial charge in [0, 0.05) is 0 Å². The van der Waals surface area contributed by atoms with Crippen LogP contribution in [0.5, 0.6) is 0 Å². The molecule has 0 aliphatic rings. The molecule has 3 heteroatoms. The van der Waals surface area contributed by atoms with Crippen molar-refractivity contribution in [3.8, 4) is 6.07 Å². The van der Waals surface area contributed by atoms with Gasteiger partial charge in [-0.3, -0.25) is 0 Å². The average molecular weight is 122 g/mol. The van der Waals surface area contributed by atoms with Crippen LogP contribution < -0.4 is 0 Å². The highest BCUT2D eigenvalue weighted by Crippen LogP contribution is 2.07. The second-order valence-corrected chi connectivity index (χ2v) is 2.32. The Labute approximate surface area is 46.3 Å². The fourth-order valence-electron chi connectivity index (χ4n) is 0.0527. The number of thioether (sulfide) groups is 1. The fraction of sp³-hybridized carbons (Fsp3) is 0.667. The molecule has 0 rings (SSSR count). The van der Waals surface area contributed by atoms with E-state index in [1.807, 2.05) is 6.07 Å². The molecular weight excluding hydrogens is 118 g/mol. The van der Waals surface area contributed by atoms with Crippen molar-refractivity contribution in [2.24, 2.45) is 0 Å². The molecule has 0 bridgehead atoms. The molecule has 0 heterocycles. The van der Waals surface area contributed by atoms with Crippen molar-refractivity contribution in [1.29, 1.82) is 5.26 Å². The summed E-state index contributed by atoms with van der Waals surface area (Å²) >= 11 is 6.58. The molecule has 0 radical (unpaired) electrons. The van der Waals surface area contributed by atoms with Crippen molar-refractivity contribution < 1.29 is 0 Å². The van der Waals surface area contributed by atoms with Gasteiger partial charge in [0.2, 0.25) is 0 Å². The quantitative estimate of drug-likeness (QED) is 0.490. The summed E-state index contributed by atoms with van der Waals surface area (Å²) in [4.78, 5) is 0. The maximum absolute atomic E-state index is 7.93. The summed E-state index contributed by atoms with van der Waals surface area (Å²) < 4.78 is -0.370. The number of nitrogens with zero attached hydrogens (tertiary/aromatic N) is 1. The summed E-state index contributed by atoms with van der Waals surface area (Å²) in [7, 11) is 0. The fourth-order valence-corrected chi connectivity index (χ4v) is 0.158. The average Bonchev–Trinajstić information content (AvgIpc) is 1.65. The molecule has 34 valence electrons. The Bertz CT molecular complexity index is 67.7. The molecule has 0 aromatic carbocycles. The lowest BCUT2D eigenvalue weighted by Gasteiger charge is -1.84. The number of halogens is 1. The van der Waals surface area contributed by atoms with Crippen LogP contribution in [0.15, 0.2) is 0 Å². The first-order chi connectivity index (χ1) is 2.81. The minimum Gasteiger partial charge on any atom is -0.196 e. The number of nitriles is 1. The van der Waals surface area contributed by atoms with E-state index in [0.29, 0.717) is 0 Å². The van der Waals surface area contributed by atoms with Crippen LogP contribution in [0.25, 0.3) is 0 Å². The molecule has 0 fully saturated rings. The molecule has 1 nitrogen and oxygen atoms in total. The van der Waals surface area contributed by atoms with Gasteiger partial charge in [0.15, 0.2) is 4.71 Å². The van der Waals surface area contributed by atoms with Gasteiger partial charge in [0.05, 0.1) is 6.07 Å². The van der Waals surface area contributed by atoms with E-state index in [2.05, 4.69) is 0 Å². The molecular formula is C3H4ClNS. The van der Waals surface area contributed by atoms with Crippen molar-refractivity contribution in [1.82, 2.24) is 0 Å². The Kier molecular flexibility index (Phi) is 3.40. The minimum absolute atomic E-state index is 0.370. The normalized spacial score (nSPS) is 12.8. The Balaban J connectivity index is 3.04. The molecule has 0 aliphatic heterocycles. The van der Waals surface area contributed by atoms with Crippen molar-refractivity contribution in [3.63, 3.8) is 0 Å². The molecule has 1 unspecified atom stereocenters. The number of rotatable bonds is 1. The molecule has 0 spiro atoms. The van der Waals surface area contributed by atoms with Gasteiger partial charge in [0.1, 0.15) is 0 Å². The summed E-state index contributed by atoms with van der Waals surface area (Å²) in [6.45, 7) is 0. The van der Waals surface area contributed by atoms with Crippen LogP contribution in [0.4, 0.5) is 0 Å². The Morgan fingerprint density at radius 3 is 2.50 bits per heavy atom. The van der Waals surface area contributed by atoms with Crippen molar-refractivity contribution in [3.05, 3.63) is 0 Å². The molecule has 1 atom stereocenters. The lowest BCUT2D eigenvalue weighted by Crippen LogP contribution is -1.79. The van der Waals surface area contributed by atoms with E-state index in [1.54, 1.807) is 6.26 Å². The van der Waals surface area contributed by atoms with Gasteiger partial charge >= 0.3 is 0 Å². The van der Waals surface area contributed by atoms with E-state index in [-0.39, 0.29) is 4.71 Å². The zero-order valence-corrected chi connectivity index (χ0v) is 4.88. The molecule has 0 aromatic rings. The van der Waals surface area contributed by atoms with E-state index in [9.17, 15) is 0 Å². The summed E-state index contributed by atoms with van der Waals surface area (Å²) in [5.74, 6) is 0. The van der Waals surface area contributed by atoms with Crippen LogP contribution in [0.2, 0.25) is 0 Å². The molecule has 0 aromatic heterocycles. The maximum atomic E-state index is 7.93. The van der Waals surface area contributed by atoms with E-state index < -0.39 is 0 Å². The van der Waals surface area contributed by atoms with Crippen LogP contribution >= 0.6 is 23.4 Å². The first-order valence-corrected chi connectivity index (χ1v) is 3.10. The summed E-state index contributed by atoms with van der Waals surface area (Å²) in [5.41, 5.74) is 0. The lowest BCUT2D eigenvalue weighted by molar-refractivity contribution is 1.46. The zero-order valence-electron chi connectivity index (χ0n) is 3.31. The maximum Gasteiger partial charge on any atom is 0.165 e. The summed E-state index contributed by atoms with van der Waals surface area (Å²) in [5, 5.41) is 7.93. The minimum atomic E-state index is -0.370. The van der Waals surface area contributed by atoms with E-state index in [4.69, 9.17) is 16.9 Å². The van der Waals surface area contributed by atoms with E-state index >= 15 is 0 Å². The van der Waals surface area contributed by atoms with Crippen molar-refractivity contribution in [2.45, 2.75) is 4.71 Å². The third-order valence-corrected chi connectivity index (χ3v) is 1.46. The predicted octanol–water partition coefficient (Wildman–Crippen LogP) is 1.44. The predicted molar refractivity (Wildman–Crippen MR) is 28.8 cm³/mol. The lowest BCUT2D eigenvalue weighted by atomic mass is 10.9. The second-order valence-electron chi connectivity index (χ2n) is 0.681. The van der Waals surface area contributed by atoms with E-state index in [0.717, 1.165) is 0 Å². The Hall–Kier alpha value is 0.130. The van der Waals surface area contributed by atoms with Gasteiger partial charge in [-0.1, -0.05) is 11.6 Å². The second kappa shape index (κ2) is 3.32. The monoisotopic (exact) mass is 121 g/mol. The van der Waals surface area contributed by atoms with Crippen LogP contribution in [0, 0.1) is 11.3 Å². The van der Waals surface area contributed by atoms with Crippen LogP contribution in [-0.4, -0.2) is 11.0 Å². The van der Waals surface area contributed by atoms with Gasteiger partial charge in [0.25, 0.3) is 0 Å². The molecule has 6 heavy (non-hydrogen) atoms. The molecule has 0 aliphatic carbocycles. The summed E-state index contributed by atoms with van der Waals surface area (Å²) in [6.07, 6.45) is 1.79. The highest BCUT2D eigenvalue weighted by molar-refractivity contribution is 8.00. The van der Waals surface area contributed by atoms with Crippen LogP contribution in [0.1, 0.15) is 0 Å². The molecule has 0 N–H and O–H groups in total. The van der Waals surface area contributed by atoms with Gasteiger partial charge in [-0.2, -0.15) is 5.26 Å². The van der Waals surface area contributed by atoms with Crippen molar-refractivity contribution >= 4 is 23.4 Å². The molecule has 0 saturated heterocycles. The smallest absolute Gasteiger partial charge is 0.165 e. The van der Waals surface area contributed by atoms with Crippen LogP contribution in [0.3, 0.4) is 0 Å². The third kappa shape index (κ3) is 2.37. The highest BCUT2D eigenvalue weighted by atomic mass is 35.5. The number of alkyl halides is 1. The first-order valence-electron chi connectivity index (χ1n) is 1.37. The van der Waals surface area contributed by atoms with E-state index in [1.165, 1.54) is 11.8 Å². The number of hydrogen-bond acceptors (Lipinski definition) is 2. The zero-order chi connectivity index (χ0) is 4.99. The van der Waals surface area contributed by atoms with Gasteiger partial charge in [-0.15, -0.1) is 11.8 Å². The topological polar surface area (TPSA) is 23.8 Å². The SMILES string of the molecule is CSC(Cl)C#N. The first kappa shape index (κ1) is 6.13. The Morgan fingerprint density at radius 1 is 2.00 bits per heavy atom. The Morgan fingerprint density at radius 2 is 2.50 bits per heavy atom. The number of hydrogen-bond donors (Lipinski definition) is 0. The van der Waals surface area contributed by atoms with Gasteiger partial charge in [-0.05, 0) is 6.26 Å². The van der Waals surface area contributed by atoms with Gasteiger partial charge in [-0.25, -0.2) is 0 Å². The van der Waals surface area contributed by atoms with Gasteiger partial charge < -0.3 is 0 Å². The largest absolute Gasteiger partial charge is 0.196 e. The third-order valence-electron chi connectivity index (χ3n) is 0.308. The summed E-state index contributed by atoms with van der Waals surface area (Å²) in [6, 6.07) is 1.84. The highest BCUT2D eigenvalue weighted by Gasteiger charge is 1.92.